The minimum Gasteiger partial charge on any atom is -0.463 e. The molecule has 1 N–H and O–H groups in total. The van der Waals surface area contributed by atoms with E-state index < -0.39 is 0 Å². The van der Waals surface area contributed by atoms with E-state index in [9.17, 15) is 4.79 Å². The van der Waals surface area contributed by atoms with E-state index in [0.717, 1.165) is 24.5 Å². The molecule has 0 radical (unpaired) electrons. The summed E-state index contributed by atoms with van der Waals surface area (Å²) in [6.45, 7) is 3.98. The molecule has 1 atom stereocenters. The second-order valence-corrected chi connectivity index (χ2v) is 6.49. The molecular weight excluding hydrogens is 298 g/mol. The van der Waals surface area contributed by atoms with Crippen LogP contribution in [0.15, 0.2) is 28.2 Å². The average Bonchev–Trinajstić information content (AvgIpc) is 3.13. The first-order valence-electron chi connectivity index (χ1n) is 7.78. The number of likely N-dealkylation sites (tertiary alicyclic amines) is 1. The van der Waals surface area contributed by atoms with Gasteiger partial charge in [-0.15, -0.1) is 11.3 Å². The zero-order chi connectivity index (χ0) is 15.4. The number of carbonyl (C=O) groups is 1. The van der Waals surface area contributed by atoms with Gasteiger partial charge in [-0.2, -0.15) is 0 Å². The average molecular weight is 319 g/mol. The number of amides is 1. The molecule has 2 aromatic rings. The maximum Gasteiger partial charge on any atom is 0.243 e. The highest BCUT2D eigenvalue weighted by molar-refractivity contribution is 7.14. The third-order valence-electron chi connectivity index (χ3n) is 4.08. The van der Waals surface area contributed by atoms with Crippen LogP contribution < -0.4 is 5.32 Å². The number of furan rings is 1. The van der Waals surface area contributed by atoms with Crippen molar-refractivity contribution in [3.05, 3.63) is 23.8 Å². The molecule has 3 heterocycles. The number of rotatable bonds is 4. The van der Waals surface area contributed by atoms with Crippen LogP contribution in [0.25, 0.3) is 11.5 Å². The molecule has 22 heavy (non-hydrogen) atoms. The third-order valence-corrected chi connectivity index (χ3v) is 4.83. The number of nitrogens with one attached hydrogen (secondary N) is 1. The van der Waals surface area contributed by atoms with Gasteiger partial charge in [-0.05, 0) is 45.0 Å². The van der Waals surface area contributed by atoms with Crippen LogP contribution in [0.2, 0.25) is 0 Å². The van der Waals surface area contributed by atoms with E-state index in [1.54, 1.807) is 6.26 Å². The first kappa shape index (κ1) is 15.2. The van der Waals surface area contributed by atoms with Gasteiger partial charge in [0.15, 0.2) is 10.9 Å². The maximum absolute atomic E-state index is 12.4. The van der Waals surface area contributed by atoms with Crippen molar-refractivity contribution in [2.45, 2.75) is 38.6 Å². The Kier molecular flexibility index (Phi) is 4.90. The Morgan fingerprint density at radius 1 is 1.36 bits per heavy atom. The number of hydrogen-bond acceptors (Lipinski definition) is 5. The van der Waals surface area contributed by atoms with Crippen molar-refractivity contribution >= 4 is 22.4 Å². The molecule has 6 heteroatoms. The van der Waals surface area contributed by atoms with Crippen molar-refractivity contribution < 1.29 is 9.21 Å². The summed E-state index contributed by atoms with van der Waals surface area (Å²) in [6, 6.07) is 3.57. The summed E-state index contributed by atoms with van der Waals surface area (Å²) in [4.78, 5) is 19.1. The van der Waals surface area contributed by atoms with Crippen LogP contribution in [0.4, 0.5) is 5.13 Å². The Labute approximate surface area is 134 Å². The van der Waals surface area contributed by atoms with Crippen molar-refractivity contribution in [3.63, 3.8) is 0 Å². The Balaban J connectivity index is 1.61. The number of hydrogen-bond donors (Lipinski definition) is 1. The van der Waals surface area contributed by atoms with Gasteiger partial charge in [-0.1, -0.05) is 12.8 Å². The van der Waals surface area contributed by atoms with Gasteiger partial charge in [-0.3, -0.25) is 9.69 Å². The summed E-state index contributed by atoms with van der Waals surface area (Å²) in [7, 11) is 0. The van der Waals surface area contributed by atoms with Crippen LogP contribution in [0.5, 0.6) is 0 Å². The van der Waals surface area contributed by atoms with E-state index in [1.165, 1.54) is 37.0 Å². The lowest BCUT2D eigenvalue weighted by molar-refractivity contribution is -0.120. The van der Waals surface area contributed by atoms with Crippen LogP contribution in [-0.4, -0.2) is 34.9 Å². The molecule has 118 valence electrons. The second kappa shape index (κ2) is 7.07. The normalized spacial score (nSPS) is 17.9. The van der Waals surface area contributed by atoms with Gasteiger partial charge in [0.05, 0.1) is 12.3 Å². The van der Waals surface area contributed by atoms with Crippen LogP contribution in [0, 0.1) is 0 Å². The van der Waals surface area contributed by atoms with E-state index in [1.807, 2.05) is 24.4 Å². The molecule has 1 saturated heterocycles. The summed E-state index contributed by atoms with van der Waals surface area (Å²) in [5.41, 5.74) is 0.757. The summed E-state index contributed by atoms with van der Waals surface area (Å²) >= 11 is 1.42. The molecular formula is C16H21N3O2S. The molecule has 3 rings (SSSR count). The first-order valence-corrected chi connectivity index (χ1v) is 8.66. The highest BCUT2D eigenvalue weighted by Crippen LogP contribution is 2.25. The number of thiazole rings is 1. The van der Waals surface area contributed by atoms with Gasteiger partial charge in [0.2, 0.25) is 5.91 Å². The van der Waals surface area contributed by atoms with Crippen LogP contribution in [-0.2, 0) is 4.79 Å². The number of anilines is 1. The standard InChI is InChI=1S/C16H21N3O2S/c1-12(19-8-4-2-3-5-9-19)15(20)18-16-17-13(11-22-16)14-7-6-10-21-14/h6-7,10-12H,2-5,8-9H2,1H3,(H,17,18,20). The zero-order valence-electron chi connectivity index (χ0n) is 12.7. The summed E-state index contributed by atoms with van der Waals surface area (Å²) in [6.07, 6.45) is 6.51. The Bertz CT molecular complexity index is 601. The van der Waals surface area contributed by atoms with E-state index in [-0.39, 0.29) is 11.9 Å². The summed E-state index contributed by atoms with van der Waals surface area (Å²) < 4.78 is 5.32. The lowest BCUT2D eigenvalue weighted by atomic mass is 10.2. The molecule has 0 spiro atoms. The largest absolute Gasteiger partial charge is 0.463 e. The summed E-state index contributed by atoms with van der Waals surface area (Å²) in [5.74, 6) is 0.736. The fourth-order valence-electron chi connectivity index (χ4n) is 2.73. The van der Waals surface area contributed by atoms with Gasteiger partial charge in [-0.25, -0.2) is 4.98 Å². The van der Waals surface area contributed by atoms with E-state index in [2.05, 4.69) is 15.2 Å². The Morgan fingerprint density at radius 3 is 2.82 bits per heavy atom. The lowest BCUT2D eigenvalue weighted by Gasteiger charge is -2.26. The molecule has 0 aromatic carbocycles. The molecule has 0 aliphatic carbocycles. The molecule has 0 saturated carbocycles. The molecule has 1 fully saturated rings. The van der Waals surface area contributed by atoms with Crippen LogP contribution in [0.3, 0.4) is 0 Å². The zero-order valence-corrected chi connectivity index (χ0v) is 13.6. The fourth-order valence-corrected chi connectivity index (χ4v) is 3.43. The van der Waals surface area contributed by atoms with Crippen molar-refractivity contribution in [2.75, 3.05) is 18.4 Å². The third kappa shape index (κ3) is 3.56. The molecule has 1 aliphatic rings. The quantitative estimate of drug-likeness (QED) is 0.935. The van der Waals surface area contributed by atoms with Crippen molar-refractivity contribution in [3.8, 4) is 11.5 Å². The Morgan fingerprint density at radius 2 is 2.14 bits per heavy atom. The molecule has 0 bridgehead atoms. The van der Waals surface area contributed by atoms with Crippen molar-refractivity contribution in [2.24, 2.45) is 0 Å². The lowest BCUT2D eigenvalue weighted by Crippen LogP contribution is -2.42. The number of aromatic nitrogens is 1. The highest BCUT2D eigenvalue weighted by atomic mass is 32.1. The molecule has 2 aromatic heterocycles. The minimum absolute atomic E-state index is 0.0160. The molecule has 1 amide bonds. The van der Waals surface area contributed by atoms with Gasteiger partial charge in [0, 0.05) is 5.38 Å². The van der Waals surface area contributed by atoms with E-state index >= 15 is 0 Å². The minimum atomic E-state index is -0.117. The highest BCUT2D eigenvalue weighted by Gasteiger charge is 2.23. The molecule has 1 unspecified atom stereocenters. The van der Waals surface area contributed by atoms with E-state index in [4.69, 9.17) is 4.42 Å². The molecule has 5 nitrogen and oxygen atoms in total. The monoisotopic (exact) mass is 319 g/mol. The van der Waals surface area contributed by atoms with E-state index in [0.29, 0.717) is 5.13 Å². The van der Waals surface area contributed by atoms with Crippen molar-refractivity contribution in [1.82, 2.24) is 9.88 Å². The summed E-state index contributed by atoms with van der Waals surface area (Å²) in [5, 5.41) is 5.44. The number of nitrogens with zero attached hydrogens (tertiary/aromatic N) is 2. The predicted molar refractivity (Wildman–Crippen MR) is 87.9 cm³/mol. The predicted octanol–water partition coefficient (Wildman–Crippen LogP) is 3.61. The van der Waals surface area contributed by atoms with Gasteiger partial charge in [0.25, 0.3) is 0 Å². The van der Waals surface area contributed by atoms with Gasteiger partial charge >= 0.3 is 0 Å². The first-order chi connectivity index (χ1) is 10.7. The second-order valence-electron chi connectivity index (χ2n) is 5.63. The van der Waals surface area contributed by atoms with Crippen LogP contribution in [0.1, 0.15) is 32.6 Å². The maximum atomic E-state index is 12.4. The molecule has 1 aliphatic heterocycles. The number of carbonyl (C=O) groups excluding carboxylic acids is 1. The SMILES string of the molecule is CC(C(=O)Nc1nc(-c2ccco2)cs1)N1CCCCCC1. The van der Waals surface area contributed by atoms with Crippen molar-refractivity contribution in [1.29, 1.82) is 0 Å². The fraction of sp³-hybridized carbons (Fsp3) is 0.500. The van der Waals surface area contributed by atoms with Gasteiger partial charge < -0.3 is 9.73 Å². The topological polar surface area (TPSA) is 58.4 Å². The smallest absolute Gasteiger partial charge is 0.243 e. The van der Waals surface area contributed by atoms with Gasteiger partial charge in [0.1, 0.15) is 5.69 Å². The van der Waals surface area contributed by atoms with Crippen LogP contribution >= 0.6 is 11.3 Å². The Hall–Kier alpha value is -1.66.